The summed E-state index contributed by atoms with van der Waals surface area (Å²) in [6.45, 7) is 0.217. The lowest BCUT2D eigenvalue weighted by molar-refractivity contribution is -0.388. The van der Waals surface area contributed by atoms with Crippen LogP contribution in [0.5, 0.6) is 11.5 Å². The molecule has 1 N–H and O–H groups in total. The summed E-state index contributed by atoms with van der Waals surface area (Å²) in [5.74, 6) is 0.0406. The van der Waals surface area contributed by atoms with Crippen LogP contribution < -0.4 is 14.8 Å². The van der Waals surface area contributed by atoms with Crippen molar-refractivity contribution in [1.29, 1.82) is 0 Å². The van der Waals surface area contributed by atoms with Crippen molar-refractivity contribution in [3.8, 4) is 11.5 Å². The summed E-state index contributed by atoms with van der Waals surface area (Å²) >= 11 is 0.758. The molecule has 0 bridgehead atoms. The van der Waals surface area contributed by atoms with Crippen LogP contribution in [0.25, 0.3) is 0 Å². The number of aromatic nitrogens is 1. The molecule has 1 aromatic heterocycles. The molecule has 1 amide bonds. The highest BCUT2D eigenvalue weighted by Crippen LogP contribution is 2.37. The molecule has 3 aromatic rings. The monoisotopic (exact) mass is 493 g/mol. The number of methoxy groups -OCH3 is 1. The smallest absolute Gasteiger partial charge is 0.416 e. The highest BCUT2D eigenvalue weighted by atomic mass is 32.2. The zero-order valence-corrected chi connectivity index (χ0v) is 18.5. The molecule has 0 fully saturated rings. The zero-order chi connectivity index (χ0) is 24.7. The molecule has 0 unspecified atom stereocenters. The number of nitrogens with zero attached hydrogens (tertiary/aromatic N) is 2. The summed E-state index contributed by atoms with van der Waals surface area (Å²) in [7, 11) is 1.47. The van der Waals surface area contributed by atoms with Crippen molar-refractivity contribution in [3.63, 3.8) is 0 Å². The van der Waals surface area contributed by atoms with Gasteiger partial charge < -0.3 is 14.8 Å². The van der Waals surface area contributed by atoms with E-state index in [4.69, 9.17) is 9.47 Å². The average Bonchev–Trinajstić information content (AvgIpc) is 2.81. The minimum Gasteiger partial charge on any atom is -0.493 e. The quantitative estimate of drug-likeness (QED) is 0.244. The predicted octanol–water partition coefficient (Wildman–Crippen LogP) is 5.33. The Morgan fingerprint density at radius 3 is 2.62 bits per heavy atom. The van der Waals surface area contributed by atoms with Crippen molar-refractivity contribution in [2.24, 2.45) is 0 Å². The molecule has 0 saturated heterocycles. The Hall–Kier alpha value is -3.80. The number of halogens is 3. The van der Waals surface area contributed by atoms with Gasteiger partial charge in [0.25, 0.3) is 5.69 Å². The Labute approximate surface area is 196 Å². The van der Waals surface area contributed by atoms with Crippen molar-refractivity contribution in [3.05, 3.63) is 82.2 Å². The number of rotatable bonds is 9. The van der Waals surface area contributed by atoms with Gasteiger partial charge in [-0.15, -0.1) is 11.8 Å². The van der Waals surface area contributed by atoms with Crippen molar-refractivity contribution in [2.75, 3.05) is 18.2 Å². The molecule has 0 saturated carbocycles. The first kappa shape index (κ1) is 24.8. The number of carbonyl (C=O) groups excluding carboxylic acids is 1. The van der Waals surface area contributed by atoms with Gasteiger partial charge in [0.05, 0.1) is 28.2 Å². The van der Waals surface area contributed by atoms with E-state index in [2.05, 4.69) is 10.3 Å². The normalized spacial score (nSPS) is 11.1. The molecule has 8 nitrogen and oxygen atoms in total. The Balaban J connectivity index is 1.66. The number of nitro benzene ring substituents is 1. The molecule has 34 heavy (non-hydrogen) atoms. The van der Waals surface area contributed by atoms with Gasteiger partial charge in [-0.3, -0.25) is 19.9 Å². The highest BCUT2D eigenvalue weighted by molar-refractivity contribution is 8.00. The van der Waals surface area contributed by atoms with Gasteiger partial charge >= 0.3 is 6.18 Å². The second-order valence-corrected chi connectivity index (χ2v) is 7.81. The molecule has 0 spiro atoms. The Bertz CT molecular complexity index is 1180. The Morgan fingerprint density at radius 2 is 1.97 bits per heavy atom. The summed E-state index contributed by atoms with van der Waals surface area (Å²) in [5, 5.41) is 13.8. The minimum atomic E-state index is -4.71. The lowest BCUT2D eigenvalue weighted by Crippen LogP contribution is -2.14. The molecule has 2 aromatic carbocycles. The number of thioether (sulfide) groups is 1. The highest BCUT2D eigenvalue weighted by Gasteiger charge is 2.33. The molecule has 3 rings (SSSR count). The number of anilines is 1. The Kier molecular flexibility index (Phi) is 7.95. The van der Waals surface area contributed by atoms with E-state index in [-0.39, 0.29) is 17.3 Å². The first-order valence-corrected chi connectivity index (χ1v) is 10.6. The fraction of sp³-hybridized carbons (Fsp3) is 0.182. The van der Waals surface area contributed by atoms with E-state index >= 15 is 0 Å². The molecular formula is C22H18F3N3O5S. The number of pyridine rings is 1. The maximum absolute atomic E-state index is 12.8. The van der Waals surface area contributed by atoms with Gasteiger partial charge in [0.2, 0.25) is 5.91 Å². The summed E-state index contributed by atoms with van der Waals surface area (Å²) in [6.07, 6.45) is -1.43. The maximum Gasteiger partial charge on any atom is 0.416 e. The van der Waals surface area contributed by atoms with Crippen LogP contribution >= 0.6 is 11.8 Å². The SMILES string of the molecule is COc1ccc(NC(=O)CSc2ccc(C(F)(F)F)cc2[N+](=O)[O-])cc1OCc1cccnc1. The van der Waals surface area contributed by atoms with Crippen LogP contribution in [0.1, 0.15) is 11.1 Å². The molecule has 0 radical (unpaired) electrons. The first-order chi connectivity index (χ1) is 16.2. The van der Waals surface area contributed by atoms with E-state index < -0.39 is 28.3 Å². The minimum absolute atomic E-state index is 0.0524. The third-order valence-electron chi connectivity index (χ3n) is 4.41. The number of hydrogen-bond donors (Lipinski definition) is 1. The van der Waals surface area contributed by atoms with E-state index in [0.29, 0.717) is 23.3 Å². The number of nitrogens with one attached hydrogen (secondary N) is 1. The number of nitro groups is 1. The van der Waals surface area contributed by atoms with Crippen LogP contribution in [0, 0.1) is 10.1 Å². The van der Waals surface area contributed by atoms with Crippen LogP contribution in [-0.4, -0.2) is 28.7 Å². The number of carbonyl (C=O) groups is 1. The summed E-state index contributed by atoms with van der Waals surface area (Å²) in [5.41, 5.74) is -0.642. The number of alkyl halides is 3. The van der Waals surface area contributed by atoms with Crippen LogP contribution in [0.4, 0.5) is 24.5 Å². The van der Waals surface area contributed by atoms with E-state index in [1.165, 1.54) is 7.11 Å². The van der Waals surface area contributed by atoms with Crippen LogP contribution in [0.3, 0.4) is 0 Å². The lowest BCUT2D eigenvalue weighted by atomic mass is 10.2. The molecule has 0 aliphatic carbocycles. The summed E-state index contributed by atoms with van der Waals surface area (Å²) in [6, 6.07) is 10.5. The van der Waals surface area contributed by atoms with E-state index in [1.807, 2.05) is 6.07 Å². The molecule has 12 heteroatoms. The van der Waals surface area contributed by atoms with Crippen molar-refractivity contribution >= 4 is 29.0 Å². The van der Waals surface area contributed by atoms with Crippen LogP contribution in [0.15, 0.2) is 65.8 Å². The third kappa shape index (κ3) is 6.61. The van der Waals surface area contributed by atoms with Gasteiger partial charge in [0, 0.05) is 35.8 Å². The van der Waals surface area contributed by atoms with Crippen molar-refractivity contribution in [1.82, 2.24) is 4.98 Å². The largest absolute Gasteiger partial charge is 0.493 e. The fourth-order valence-electron chi connectivity index (χ4n) is 2.81. The van der Waals surface area contributed by atoms with Gasteiger partial charge in [0.15, 0.2) is 11.5 Å². The second kappa shape index (κ2) is 10.9. The van der Waals surface area contributed by atoms with Crippen molar-refractivity contribution < 1.29 is 32.4 Å². The number of hydrogen-bond acceptors (Lipinski definition) is 7. The van der Waals surface area contributed by atoms with Crippen LogP contribution in [-0.2, 0) is 17.6 Å². The standard InChI is InChI=1S/C22H18F3N3O5S/c1-32-18-6-5-16(10-19(18)33-12-14-3-2-8-26-11-14)27-21(29)13-34-20-7-4-15(22(23,24)25)9-17(20)28(30)31/h2-11H,12-13H2,1H3,(H,27,29). The summed E-state index contributed by atoms with van der Waals surface area (Å²) in [4.78, 5) is 26.6. The maximum atomic E-state index is 12.8. The van der Waals surface area contributed by atoms with Gasteiger partial charge in [-0.1, -0.05) is 6.07 Å². The summed E-state index contributed by atoms with van der Waals surface area (Å²) < 4.78 is 49.5. The fourth-order valence-corrected chi connectivity index (χ4v) is 3.62. The Morgan fingerprint density at radius 1 is 1.18 bits per heavy atom. The van der Waals surface area contributed by atoms with Crippen LogP contribution in [0.2, 0.25) is 0 Å². The van der Waals surface area contributed by atoms with Gasteiger partial charge in [-0.05, 0) is 30.3 Å². The number of amides is 1. The molecule has 0 aliphatic rings. The average molecular weight is 493 g/mol. The first-order valence-electron chi connectivity index (χ1n) is 9.65. The zero-order valence-electron chi connectivity index (χ0n) is 17.7. The van der Waals surface area contributed by atoms with E-state index in [0.717, 1.165) is 29.5 Å². The number of benzene rings is 2. The van der Waals surface area contributed by atoms with E-state index in [1.54, 1.807) is 36.7 Å². The number of ether oxygens (including phenoxy) is 2. The lowest BCUT2D eigenvalue weighted by Gasteiger charge is -2.13. The third-order valence-corrected chi connectivity index (χ3v) is 5.47. The molecular weight excluding hydrogens is 475 g/mol. The molecule has 178 valence electrons. The van der Waals surface area contributed by atoms with E-state index in [9.17, 15) is 28.1 Å². The topological polar surface area (TPSA) is 104 Å². The predicted molar refractivity (Wildman–Crippen MR) is 119 cm³/mol. The second-order valence-electron chi connectivity index (χ2n) is 6.79. The molecule has 0 atom stereocenters. The van der Waals surface area contributed by atoms with Gasteiger partial charge in [-0.2, -0.15) is 13.2 Å². The van der Waals surface area contributed by atoms with Crippen molar-refractivity contribution in [2.45, 2.75) is 17.7 Å². The molecule has 0 aliphatic heterocycles. The van der Waals surface area contributed by atoms with Gasteiger partial charge in [0.1, 0.15) is 6.61 Å². The molecule has 1 heterocycles. The van der Waals surface area contributed by atoms with Gasteiger partial charge in [-0.25, -0.2) is 0 Å².